The number of nitrogens with zero attached hydrogens (tertiary/aromatic N) is 2. The second kappa shape index (κ2) is 10.3. The standard InChI is InChI=1S/C27H32F4N4O4/c1-14(16-8-17(10-18(32)9-16)27(30,31)25(3,4)36)33-24-19-11-22(38-6-7-39-23-13-26(23,28)29)21(37-5)12-20(19)34-15(2)35-24/h8-12,14,23,36H,6-7,13,32H2,1-5H3,(H,33,34,35)/t14-,23-/m1/s1. The van der Waals surface area contributed by atoms with Crippen molar-refractivity contribution in [2.45, 2.75) is 63.7 Å². The van der Waals surface area contributed by atoms with E-state index in [1.165, 1.54) is 13.2 Å². The summed E-state index contributed by atoms with van der Waals surface area (Å²) in [6, 6.07) is 6.79. The molecule has 12 heteroatoms. The molecule has 1 saturated carbocycles. The summed E-state index contributed by atoms with van der Waals surface area (Å²) in [5, 5.41) is 13.8. The first-order valence-electron chi connectivity index (χ1n) is 12.4. The van der Waals surface area contributed by atoms with Gasteiger partial charge in [-0.3, -0.25) is 0 Å². The lowest BCUT2D eigenvalue weighted by molar-refractivity contribution is -0.168. The summed E-state index contributed by atoms with van der Waals surface area (Å²) in [6.07, 6.45) is -1.37. The van der Waals surface area contributed by atoms with Gasteiger partial charge in [0, 0.05) is 29.1 Å². The Morgan fingerprint density at radius 3 is 2.44 bits per heavy atom. The molecule has 8 nitrogen and oxygen atoms in total. The van der Waals surface area contributed by atoms with Gasteiger partial charge in [0.1, 0.15) is 30.0 Å². The number of benzene rings is 2. The van der Waals surface area contributed by atoms with E-state index >= 15 is 0 Å². The van der Waals surface area contributed by atoms with Crippen molar-refractivity contribution in [2.75, 3.05) is 31.4 Å². The number of anilines is 2. The quantitative estimate of drug-likeness (QED) is 0.165. The van der Waals surface area contributed by atoms with Crippen LogP contribution in [0.15, 0.2) is 30.3 Å². The smallest absolute Gasteiger partial charge is 0.300 e. The molecular formula is C27H32F4N4O4. The number of aliphatic hydroxyl groups is 1. The first kappa shape index (κ1) is 28.6. The average molecular weight is 553 g/mol. The van der Waals surface area contributed by atoms with Crippen LogP contribution in [0.2, 0.25) is 0 Å². The topological polar surface area (TPSA) is 112 Å². The van der Waals surface area contributed by atoms with Crippen molar-refractivity contribution in [1.29, 1.82) is 0 Å². The van der Waals surface area contributed by atoms with Crippen molar-refractivity contribution in [1.82, 2.24) is 9.97 Å². The number of nitrogen functional groups attached to an aromatic ring is 1. The fraction of sp³-hybridized carbons (Fsp3) is 0.481. The monoisotopic (exact) mass is 552 g/mol. The third-order valence-corrected chi connectivity index (χ3v) is 6.48. The van der Waals surface area contributed by atoms with E-state index in [4.69, 9.17) is 19.9 Å². The normalized spacial score (nSPS) is 17.6. The molecule has 1 aliphatic rings. The van der Waals surface area contributed by atoms with E-state index in [0.717, 1.165) is 19.9 Å². The molecule has 1 aromatic heterocycles. The van der Waals surface area contributed by atoms with Crippen molar-refractivity contribution in [2.24, 2.45) is 0 Å². The van der Waals surface area contributed by atoms with Gasteiger partial charge in [-0.05, 0) is 57.5 Å². The lowest BCUT2D eigenvalue weighted by atomic mass is 9.91. The molecular weight excluding hydrogens is 520 g/mol. The lowest BCUT2D eigenvalue weighted by Gasteiger charge is -2.30. The molecule has 4 N–H and O–H groups in total. The molecule has 2 aromatic carbocycles. The van der Waals surface area contributed by atoms with Crippen LogP contribution < -0.4 is 20.5 Å². The zero-order chi connectivity index (χ0) is 28.8. The maximum absolute atomic E-state index is 14.9. The number of aromatic nitrogens is 2. The minimum atomic E-state index is -3.54. The Bertz CT molecular complexity index is 1360. The van der Waals surface area contributed by atoms with E-state index in [1.54, 1.807) is 32.0 Å². The summed E-state index contributed by atoms with van der Waals surface area (Å²) in [4.78, 5) is 8.95. The first-order valence-corrected chi connectivity index (χ1v) is 12.4. The number of hydrogen-bond donors (Lipinski definition) is 3. The summed E-state index contributed by atoms with van der Waals surface area (Å²) < 4.78 is 72.1. The van der Waals surface area contributed by atoms with Crippen LogP contribution in [0.5, 0.6) is 11.5 Å². The van der Waals surface area contributed by atoms with Crippen molar-refractivity contribution < 1.29 is 36.9 Å². The zero-order valence-corrected chi connectivity index (χ0v) is 22.3. The Morgan fingerprint density at radius 2 is 1.82 bits per heavy atom. The molecule has 39 heavy (non-hydrogen) atoms. The largest absolute Gasteiger partial charge is 0.493 e. The van der Waals surface area contributed by atoms with Crippen LogP contribution in [0.3, 0.4) is 0 Å². The van der Waals surface area contributed by atoms with Gasteiger partial charge in [-0.2, -0.15) is 8.78 Å². The Balaban J connectivity index is 1.61. The van der Waals surface area contributed by atoms with Crippen molar-refractivity contribution in [3.05, 3.63) is 47.3 Å². The molecule has 3 aromatic rings. The van der Waals surface area contributed by atoms with E-state index in [0.29, 0.717) is 39.6 Å². The van der Waals surface area contributed by atoms with Gasteiger partial charge in [0.15, 0.2) is 11.5 Å². The van der Waals surface area contributed by atoms with Gasteiger partial charge in [-0.1, -0.05) is 0 Å². The molecule has 212 valence electrons. The molecule has 2 atom stereocenters. The molecule has 0 radical (unpaired) electrons. The van der Waals surface area contributed by atoms with Gasteiger partial charge in [0.2, 0.25) is 0 Å². The zero-order valence-electron chi connectivity index (χ0n) is 22.3. The number of fused-ring (bicyclic) bond motifs is 1. The van der Waals surface area contributed by atoms with Crippen LogP contribution in [0.1, 0.15) is 50.2 Å². The molecule has 1 heterocycles. The van der Waals surface area contributed by atoms with Crippen LogP contribution >= 0.6 is 0 Å². The maximum Gasteiger partial charge on any atom is 0.300 e. The summed E-state index contributed by atoms with van der Waals surface area (Å²) in [5.41, 5.74) is 4.35. The molecule has 0 saturated heterocycles. The van der Waals surface area contributed by atoms with Crippen LogP contribution in [0.25, 0.3) is 10.9 Å². The second-order valence-electron chi connectivity index (χ2n) is 10.2. The SMILES string of the molecule is COc1cc2nc(C)nc(N[C@H](C)c3cc(N)cc(C(F)(F)C(C)(C)O)c3)c2cc1OCCO[C@@H]1CC1(F)F. The highest BCUT2D eigenvalue weighted by Crippen LogP contribution is 2.44. The number of methoxy groups -OCH3 is 1. The Labute approximate surface area is 223 Å². The van der Waals surface area contributed by atoms with Gasteiger partial charge in [0.05, 0.1) is 25.3 Å². The highest BCUT2D eigenvalue weighted by molar-refractivity contribution is 5.92. The van der Waals surface area contributed by atoms with Gasteiger partial charge >= 0.3 is 5.92 Å². The average Bonchev–Trinajstić information content (AvgIpc) is 3.46. The summed E-state index contributed by atoms with van der Waals surface area (Å²) in [6.45, 7) is 5.53. The number of hydrogen-bond acceptors (Lipinski definition) is 8. The van der Waals surface area contributed by atoms with Crippen LogP contribution in [0.4, 0.5) is 29.1 Å². The fourth-order valence-corrected chi connectivity index (χ4v) is 4.10. The summed E-state index contributed by atoms with van der Waals surface area (Å²) in [7, 11) is 1.46. The molecule has 0 aliphatic heterocycles. The first-order chi connectivity index (χ1) is 18.1. The minimum absolute atomic E-state index is 0.0157. The van der Waals surface area contributed by atoms with Crippen LogP contribution in [-0.2, 0) is 10.7 Å². The van der Waals surface area contributed by atoms with Crippen molar-refractivity contribution in [3.63, 3.8) is 0 Å². The highest BCUT2D eigenvalue weighted by atomic mass is 19.3. The molecule has 0 bridgehead atoms. The molecule has 1 fully saturated rings. The number of nitrogens with one attached hydrogen (secondary N) is 1. The molecule has 0 amide bonds. The third kappa shape index (κ3) is 6.11. The summed E-state index contributed by atoms with van der Waals surface area (Å²) in [5.74, 6) is -4.75. The lowest BCUT2D eigenvalue weighted by Crippen LogP contribution is -2.40. The van der Waals surface area contributed by atoms with Gasteiger partial charge in [0.25, 0.3) is 5.92 Å². The van der Waals surface area contributed by atoms with E-state index < -0.39 is 35.2 Å². The highest BCUT2D eigenvalue weighted by Gasteiger charge is 2.58. The second-order valence-corrected chi connectivity index (χ2v) is 10.2. The Morgan fingerprint density at radius 1 is 1.13 bits per heavy atom. The number of halogens is 4. The molecule has 1 aliphatic carbocycles. The van der Waals surface area contributed by atoms with Gasteiger partial charge in [-0.15, -0.1) is 0 Å². The predicted molar refractivity (Wildman–Crippen MR) is 139 cm³/mol. The fourth-order valence-electron chi connectivity index (χ4n) is 4.10. The Kier molecular flexibility index (Phi) is 7.56. The number of alkyl halides is 4. The summed E-state index contributed by atoms with van der Waals surface area (Å²) >= 11 is 0. The number of nitrogens with two attached hydrogens (primary N) is 1. The predicted octanol–water partition coefficient (Wildman–Crippen LogP) is 5.37. The minimum Gasteiger partial charge on any atom is -0.493 e. The van der Waals surface area contributed by atoms with E-state index in [9.17, 15) is 22.7 Å². The van der Waals surface area contributed by atoms with E-state index in [-0.39, 0.29) is 25.3 Å². The van der Waals surface area contributed by atoms with Gasteiger partial charge < -0.3 is 30.4 Å². The van der Waals surface area contributed by atoms with Crippen LogP contribution in [0, 0.1) is 6.92 Å². The number of ether oxygens (including phenoxy) is 3. The number of rotatable bonds is 11. The maximum atomic E-state index is 14.9. The number of aryl methyl sites for hydroxylation is 1. The van der Waals surface area contributed by atoms with Crippen LogP contribution in [-0.4, -0.2) is 53.0 Å². The van der Waals surface area contributed by atoms with Gasteiger partial charge in [-0.25, -0.2) is 18.7 Å². The Hall–Kier alpha value is -3.38. The molecule has 0 unspecified atom stereocenters. The van der Waals surface area contributed by atoms with Crippen molar-refractivity contribution in [3.8, 4) is 11.5 Å². The molecule has 0 spiro atoms. The van der Waals surface area contributed by atoms with E-state index in [2.05, 4.69) is 15.3 Å². The van der Waals surface area contributed by atoms with E-state index in [1.807, 2.05) is 0 Å². The third-order valence-electron chi connectivity index (χ3n) is 6.48. The molecule has 4 rings (SSSR count). The van der Waals surface area contributed by atoms with Crippen molar-refractivity contribution >= 4 is 22.4 Å².